The summed E-state index contributed by atoms with van der Waals surface area (Å²) >= 11 is 1.22. The van der Waals surface area contributed by atoms with Gasteiger partial charge in [-0.15, -0.1) is 0 Å². The third kappa shape index (κ3) is 4.83. The van der Waals surface area contributed by atoms with Crippen LogP contribution in [0.5, 0.6) is 0 Å². The lowest BCUT2D eigenvalue weighted by atomic mass is 10.1. The molecule has 2 aromatic rings. The maximum Gasteiger partial charge on any atom is 0.253 e. The van der Waals surface area contributed by atoms with Gasteiger partial charge in [0.15, 0.2) is 0 Å². The summed E-state index contributed by atoms with van der Waals surface area (Å²) in [4.78, 5) is 30.1. The molecule has 7 heteroatoms. The highest BCUT2D eigenvalue weighted by atomic mass is 32.2. The van der Waals surface area contributed by atoms with Crippen molar-refractivity contribution in [1.29, 1.82) is 5.26 Å². The van der Waals surface area contributed by atoms with Crippen molar-refractivity contribution in [2.45, 2.75) is 18.9 Å². The molecule has 0 bridgehead atoms. The molecule has 134 valence electrons. The van der Waals surface area contributed by atoms with E-state index in [1.54, 1.807) is 38.4 Å². The zero-order chi connectivity index (χ0) is 19.3. The lowest BCUT2D eigenvalue weighted by Gasteiger charge is -2.12. The third-order valence-electron chi connectivity index (χ3n) is 3.56. The minimum absolute atomic E-state index is 0.121. The van der Waals surface area contributed by atoms with E-state index in [9.17, 15) is 14.9 Å². The molecule has 0 atom stereocenters. The molecule has 1 N–H and O–H groups in total. The second-order valence-electron chi connectivity index (χ2n) is 5.99. The Morgan fingerprint density at radius 3 is 2.65 bits per heavy atom. The Labute approximate surface area is 157 Å². The predicted molar refractivity (Wildman–Crippen MR) is 102 cm³/mol. The quantitative estimate of drug-likeness (QED) is 0.820. The number of amides is 2. The van der Waals surface area contributed by atoms with Gasteiger partial charge < -0.3 is 10.2 Å². The summed E-state index contributed by atoms with van der Waals surface area (Å²) in [7, 11) is 3.35. The summed E-state index contributed by atoms with van der Waals surface area (Å²) in [5.74, 6) is -0.237. The predicted octanol–water partition coefficient (Wildman–Crippen LogP) is 3.00. The number of carbonyl (C=O) groups excluding carboxylic acids is 2. The molecule has 0 spiro atoms. The maximum absolute atomic E-state index is 12.2. The lowest BCUT2D eigenvalue weighted by molar-refractivity contribution is -0.113. The van der Waals surface area contributed by atoms with Crippen molar-refractivity contribution in [3.05, 3.63) is 52.7 Å². The molecule has 26 heavy (non-hydrogen) atoms. The van der Waals surface area contributed by atoms with E-state index in [2.05, 4.69) is 16.4 Å². The van der Waals surface area contributed by atoms with E-state index in [4.69, 9.17) is 0 Å². The second kappa shape index (κ2) is 8.50. The van der Waals surface area contributed by atoms with Gasteiger partial charge in [0, 0.05) is 31.0 Å². The zero-order valence-corrected chi connectivity index (χ0v) is 16.0. The number of hydrogen-bond donors (Lipinski definition) is 1. The van der Waals surface area contributed by atoms with Crippen LogP contribution in [0, 0.1) is 25.2 Å². The van der Waals surface area contributed by atoms with Crippen LogP contribution in [-0.2, 0) is 4.79 Å². The van der Waals surface area contributed by atoms with Crippen LogP contribution in [-0.4, -0.2) is 41.5 Å². The van der Waals surface area contributed by atoms with Crippen molar-refractivity contribution < 1.29 is 9.59 Å². The van der Waals surface area contributed by atoms with Gasteiger partial charge in [-0.1, -0.05) is 17.8 Å². The molecule has 2 rings (SSSR count). The van der Waals surface area contributed by atoms with Crippen LogP contribution in [0.25, 0.3) is 0 Å². The Hall–Kier alpha value is -2.85. The summed E-state index contributed by atoms with van der Waals surface area (Å²) in [6.07, 6.45) is 0. The first-order chi connectivity index (χ1) is 12.3. The van der Waals surface area contributed by atoms with Crippen LogP contribution in [0.2, 0.25) is 0 Å². The Morgan fingerprint density at radius 1 is 1.27 bits per heavy atom. The first-order valence-electron chi connectivity index (χ1n) is 7.94. The number of anilines is 1. The number of nitrogens with zero attached hydrogens (tertiary/aromatic N) is 3. The fourth-order valence-corrected chi connectivity index (χ4v) is 3.26. The highest BCUT2D eigenvalue weighted by Gasteiger charge is 2.13. The van der Waals surface area contributed by atoms with Gasteiger partial charge in [0.1, 0.15) is 11.1 Å². The summed E-state index contributed by atoms with van der Waals surface area (Å²) in [6.45, 7) is 3.70. The molecule has 0 fully saturated rings. The highest BCUT2D eigenvalue weighted by Crippen LogP contribution is 2.24. The fourth-order valence-electron chi connectivity index (χ4n) is 2.36. The normalized spacial score (nSPS) is 10.1. The molecule has 0 aliphatic carbocycles. The average Bonchev–Trinajstić information content (AvgIpc) is 2.59. The summed E-state index contributed by atoms with van der Waals surface area (Å²) in [6, 6.07) is 10.8. The molecular weight excluding hydrogens is 348 g/mol. The molecule has 6 nitrogen and oxygen atoms in total. The number of rotatable bonds is 5. The topological polar surface area (TPSA) is 86.1 Å². The number of aromatic nitrogens is 1. The number of nitriles is 1. The van der Waals surface area contributed by atoms with E-state index >= 15 is 0 Å². The first-order valence-corrected chi connectivity index (χ1v) is 8.93. The monoisotopic (exact) mass is 368 g/mol. The van der Waals surface area contributed by atoms with Gasteiger partial charge in [-0.3, -0.25) is 9.59 Å². The van der Waals surface area contributed by atoms with Gasteiger partial charge in [-0.2, -0.15) is 5.26 Å². The van der Waals surface area contributed by atoms with E-state index in [1.165, 1.54) is 16.7 Å². The van der Waals surface area contributed by atoms with Crippen LogP contribution in [0.4, 0.5) is 5.69 Å². The Balaban J connectivity index is 2.06. The van der Waals surface area contributed by atoms with Gasteiger partial charge in [-0.25, -0.2) is 4.98 Å². The van der Waals surface area contributed by atoms with Crippen molar-refractivity contribution in [2.24, 2.45) is 0 Å². The molecule has 0 aliphatic heterocycles. The molecule has 2 amide bonds. The number of benzene rings is 1. The van der Waals surface area contributed by atoms with Gasteiger partial charge in [0.2, 0.25) is 5.91 Å². The first kappa shape index (κ1) is 19.5. The maximum atomic E-state index is 12.2. The third-order valence-corrected chi connectivity index (χ3v) is 4.54. The second-order valence-corrected chi connectivity index (χ2v) is 6.95. The van der Waals surface area contributed by atoms with Crippen LogP contribution < -0.4 is 5.32 Å². The summed E-state index contributed by atoms with van der Waals surface area (Å²) in [5, 5.41) is 12.6. The Morgan fingerprint density at radius 2 is 2.00 bits per heavy atom. The van der Waals surface area contributed by atoms with Gasteiger partial charge in [0.05, 0.1) is 11.3 Å². The van der Waals surface area contributed by atoms with Crippen molar-refractivity contribution in [1.82, 2.24) is 9.88 Å². The number of hydrogen-bond acceptors (Lipinski definition) is 5. The molecule has 0 saturated heterocycles. The van der Waals surface area contributed by atoms with Crippen LogP contribution >= 0.6 is 11.8 Å². The number of aryl methyl sites for hydroxylation is 2. The zero-order valence-electron chi connectivity index (χ0n) is 15.2. The largest absolute Gasteiger partial charge is 0.345 e. The molecule has 0 saturated carbocycles. The minimum atomic E-state index is -0.227. The van der Waals surface area contributed by atoms with Crippen molar-refractivity contribution >= 4 is 29.3 Å². The van der Waals surface area contributed by atoms with Gasteiger partial charge in [0.25, 0.3) is 5.91 Å². The standard InChI is InChI=1S/C19H20N4O2S/c1-12-8-13(2)21-18(16(12)10-20)26-11-17(24)22-15-7-5-6-14(9-15)19(25)23(3)4/h5-9H,11H2,1-4H3,(H,22,24). The summed E-state index contributed by atoms with van der Waals surface area (Å²) < 4.78 is 0. The van der Waals surface area contributed by atoms with Crippen molar-refractivity contribution in [3.8, 4) is 6.07 Å². The molecule has 1 heterocycles. The Bertz CT molecular complexity index is 888. The molecule has 1 aromatic heterocycles. The fraction of sp³-hybridized carbons (Fsp3) is 0.263. The van der Waals surface area contributed by atoms with Crippen LogP contribution in [0.1, 0.15) is 27.2 Å². The van der Waals surface area contributed by atoms with E-state index in [-0.39, 0.29) is 17.6 Å². The van der Waals surface area contributed by atoms with Gasteiger partial charge >= 0.3 is 0 Å². The minimum Gasteiger partial charge on any atom is -0.345 e. The molecule has 0 unspecified atom stereocenters. The number of carbonyl (C=O) groups is 2. The number of thioether (sulfide) groups is 1. The molecular formula is C19H20N4O2S. The SMILES string of the molecule is Cc1cc(C)c(C#N)c(SCC(=O)Nc2cccc(C(=O)N(C)C)c2)n1. The Kier molecular flexibility index (Phi) is 6.36. The van der Waals surface area contributed by atoms with Gasteiger partial charge in [-0.05, 0) is 43.7 Å². The highest BCUT2D eigenvalue weighted by molar-refractivity contribution is 8.00. The van der Waals surface area contributed by atoms with Crippen LogP contribution in [0.15, 0.2) is 35.4 Å². The average molecular weight is 368 g/mol. The van der Waals surface area contributed by atoms with Crippen molar-refractivity contribution in [2.75, 3.05) is 25.2 Å². The van der Waals surface area contributed by atoms with Crippen LogP contribution in [0.3, 0.4) is 0 Å². The summed E-state index contributed by atoms with van der Waals surface area (Å²) in [5.41, 5.74) is 3.20. The van der Waals surface area contributed by atoms with E-state index < -0.39 is 0 Å². The van der Waals surface area contributed by atoms with Crippen molar-refractivity contribution in [3.63, 3.8) is 0 Å². The van der Waals surface area contributed by atoms with E-state index in [0.29, 0.717) is 21.8 Å². The molecule has 1 aromatic carbocycles. The smallest absolute Gasteiger partial charge is 0.253 e. The van der Waals surface area contributed by atoms with E-state index in [1.807, 2.05) is 19.9 Å². The molecule has 0 aliphatic rings. The number of pyridine rings is 1. The van der Waals surface area contributed by atoms with E-state index in [0.717, 1.165) is 11.3 Å². The number of nitrogens with one attached hydrogen (secondary N) is 1. The lowest BCUT2D eigenvalue weighted by Crippen LogP contribution is -2.22. The molecule has 0 radical (unpaired) electrons.